The molecule has 0 saturated carbocycles. The van der Waals surface area contributed by atoms with Crippen LogP contribution in [0.2, 0.25) is 0 Å². The first kappa shape index (κ1) is 17.9. The second-order valence-corrected chi connectivity index (χ2v) is 7.03. The van der Waals surface area contributed by atoms with Crippen LogP contribution in [0.15, 0.2) is 0 Å². The van der Waals surface area contributed by atoms with Gasteiger partial charge in [0.05, 0.1) is 24.9 Å². The fourth-order valence-electron chi connectivity index (χ4n) is 1.88. The first-order valence-corrected chi connectivity index (χ1v) is 6.83. The monoisotopic (exact) mass is 260 g/mol. The van der Waals surface area contributed by atoms with Crippen LogP contribution in [0.1, 0.15) is 48.5 Å². The third-order valence-electron chi connectivity index (χ3n) is 3.94. The fraction of sp³-hybridized carbons (Fsp3) is 1.00. The van der Waals surface area contributed by atoms with E-state index in [1.54, 1.807) is 7.11 Å². The van der Waals surface area contributed by atoms with Crippen molar-refractivity contribution in [2.45, 2.75) is 60.2 Å². The third-order valence-corrected chi connectivity index (χ3v) is 3.94. The van der Waals surface area contributed by atoms with E-state index in [1.165, 1.54) is 0 Å². The maximum absolute atomic E-state index is 10.4. The van der Waals surface area contributed by atoms with Crippen LogP contribution >= 0.6 is 0 Å². The van der Waals surface area contributed by atoms with E-state index in [0.717, 1.165) is 0 Å². The molecule has 0 saturated heterocycles. The molecule has 0 amide bonds. The number of hydrogen-bond donors (Lipinski definition) is 1. The van der Waals surface area contributed by atoms with Gasteiger partial charge in [-0.15, -0.1) is 0 Å². The molecule has 0 aromatic rings. The van der Waals surface area contributed by atoms with Crippen molar-refractivity contribution in [1.82, 2.24) is 0 Å². The largest absolute Gasteiger partial charge is 0.390 e. The van der Waals surface area contributed by atoms with Crippen LogP contribution in [0.3, 0.4) is 0 Å². The summed E-state index contributed by atoms with van der Waals surface area (Å²) in [6.45, 7) is 15.6. The van der Waals surface area contributed by atoms with Gasteiger partial charge >= 0.3 is 0 Å². The molecule has 2 unspecified atom stereocenters. The Kier molecular flexibility index (Phi) is 6.83. The number of aliphatic hydroxyl groups is 1. The summed E-state index contributed by atoms with van der Waals surface area (Å²) in [6.07, 6.45) is -0.499. The normalized spacial score (nSPS) is 17.0. The molecule has 0 bridgehead atoms. The average molecular weight is 260 g/mol. The molecule has 0 aromatic heterocycles. The van der Waals surface area contributed by atoms with Crippen LogP contribution in [0.25, 0.3) is 0 Å². The summed E-state index contributed by atoms with van der Waals surface area (Å²) in [4.78, 5) is 0. The van der Waals surface area contributed by atoms with E-state index in [-0.39, 0.29) is 16.9 Å². The van der Waals surface area contributed by atoms with Crippen molar-refractivity contribution >= 4 is 0 Å². The maximum Gasteiger partial charge on any atom is 0.0829 e. The van der Waals surface area contributed by atoms with Gasteiger partial charge < -0.3 is 14.6 Å². The number of ether oxygens (including phenoxy) is 2. The van der Waals surface area contributed by atoms with Gasteiger partial charge in [0, 0.05) is 13.0 Å². The lowest BCUT2D eigenvalue weighted by atomic mass is 9.69. The highest BCUT2D eigenvalue weighted by Gasteiger charge is 2.37. The van der Waals surface area contributed by atoms with E-state index in [2.05, 4.69) is 27.7 Å². The molecule has 0 aliphatic heterocycles. The maximum atomic E-state index is 10.4. The molecular formula is C15H32O3. The van der Waals surface area contributed by atoms with E-state index in [4.69, 9.17) is 9.47 Å². The van der Waals surface area contributed by atoms with Gasteiger partial charge in [-0.2, -0.15) is 0 Å². The fourth-order valence-corrected chi connectivity index (χ4v) is 1.88. The van der Waals surface area contributed by atoms with Gasteiger partial charge in [-0.3, -0.25) is 0 Å². The predicted molar refractivity (Wildman–Crippen MR) is 75.7 cm³/mol. The summed E-state index contributed by atoms with van der Waals surface area (Å²) in [5.41, 5.74) is -0.211. The smallest absolute Gasteiger partial charge is 0.0829 e. The predicted octanol–water partition coefficient (Wildman–Crippen LogP) is 3.11. The van der Waals surface area contributed by atoms with E-state index >= 15 is 0 Å². The van der Waals surface area contributed by atoms with Crippen molar-refractivity contribution in [3.63, 3.8) is 0 Å². The Morgan fingerprint density at radius 1 is 1.00 bits per heavy atom. The Labute approximate surface area is 113 Å². The zero-order valence-electron chi connectivity index (χ0n) is 13.4. The second-order valence-electron chi connectivity index (χ2n) is 7.03. The first-order chi connectivity index (χ1) is 8.02. The van der Waals surface area contributed by atoms with Gasteiger partial charge in [0.15, 0.2) is 0 Å². The average Bonchev–Trinajstić information content (AvgIpc) is 2.21. The van der Waals surface area contributed by atoms with Crippen LogP contribution < -0.4 is 0 Å². The van der Waals surface area contributed by atoms with E-state index in [9.17, 15) is 5.11 Å². The van der Waals surface area contributed by atoms with Crippen molar-refractivity contribution in [1.29, 1.82) is 0 Å². The van der Waals surface area contributed by atoms with Crippen molar-refractivity contribution in [2.24, 2.45) is 17.3 Å². The molecular weight excluding hydrogens is 228 g/mol. The zero-order valence-corrected chi connectivity index (χ0v) is 13.4. The lowest BCUT2D eigenvalue weighted by Gasteiger charge is -2.40. The Balaban J connectivity index is 4.69. The second kappa shape index (κ2) is 6.88. The minimum atomic E-state index is -0.499. The van der Waals surface area contributed by atoms with Crippen molar-refractivity contribution in [2.75, 3.05) is 20.3 Å². The molecule has 1 N–H and O–H groups in total. The molecule has 0 fully saturated rings. The lowest BCUT2D eigenvalue weighted by molar-refractivity contribution is -0.103. The third kappa shape index (κ3) is 5.68. The Morgan fingerprint density at radius 2 is 1.50 bits per heavy atom. The summed E-state index contributed by atoms with van der Waals surface area (Å²) in [6, 6.07) is 0. The molecule has 110 valence electrons. The molecule has 3 nitrogen and oxygen atoms in total. The number of methoxy groups -OCH3 is 1. The first-order valence-electron chi connectivity index (χ1n) is 6.83. The van der Waals surface area contributed by atoms with Crippen LogP contribution in [-0.4, -0.2) is 37.1 Å². The molecule has 0 spiro atoms. The van der Waals surface area contributed by atoms with Crippen LogP contribution in [-0.2, 0) is 9.47 Å². The van der Waals surface area contributed by atoms with Gasteiger partial charge in [-0.1, -0.05) is 27.7 Å². The SMILES string of the molecule is COCC(C(O)COC(C)(C)C)C(C)(C)C(C)C. The number of hydrogen-bond acceptors (Lipinski definition) is 3. The van der Waals surface area contributed by atoms with E-state index < -0.39 is 6.10 Å². The summed E-state index contributed by atoms with van der Waals surface area (Å²) < 4.78 is 11.0. The summed E-state index contributed by atoms with van der Waals surface area (Å²) in [5.74, 6) is 0.548. The van der Waals surface area contributed by atoms with Gasteiger partial charge in [0.1, 0.15) is 0 Å². The van der Waals surface area contributed by atoms with E-state index in [0.29, 0.717) is 19.1 Å². The number of aliphatic hydroxyl groups excluding tert-OH is 1. The molecule has 0 aliphatic rings. The van der Waals surface area contributed by atoms with Gasteiger partial charge in [-0.05, 0) is 32.1 Å². The lowest BCUT2D eigenvalue weighted by Crippen LogP contribution is -2.43. The molecule has 0 radical (unpaired) electrons. The highest BCUT2D eigenvalue weighted by molar-refractivity contribution is 4.86. The Morgan fingerprint density at radius 3 is 1.83 bits per heavy atom. The highest BCUT2D eigenvalue weighted by atomic mass is 16.5. The quantitative estimate of drug-likeness (QED) is 0.764. The van der Waals surface area contributed by atoms with Crippen LogP contribution in [0.4, 0.5) is 0 Å². The van der Waals surface area contributed by atoms with Gasteiger partial charge in [-0.25, -0.2) is 0 Å². The molecule has 2 atom stereocenters. The highest BCUT2D eigenvalue weighted by Crippen LogP contribution is 2.37. The zero-order chi connectivity index (χ0) is 14.6. The summed E-state index contributed by atoms with van der Waals surface area (Å²) in [5, 5.41) is 10.4. The summed E-state index contributed by atoms with van der Waals surface area (Å²) in [7, 11) is 1.68. The standard InChI is InChI=1S/C15H32O3/c1-11(2)15(6,7)12(9-17-8)13(16)10-18-14(3,4)5/h11-13,16H,9-10H2,1-8H3. The van der Waals surface area contributed by atoms with Crippen molar-refractivity contribution < 1.29 is 14.6 Å². The minimum Gasteiger partial charge on any atom is -0.390 e. The van der Waals surface area contributed by atoms with Gasteiger partial charge in [0.2, 0.25) is 0 Å². The Hall–Kier alpha value is -0.120. The minimum absolute atomic E-state index is 0.0106. The van der Waals surface area contributed by atoms with E-state index in [1.807, 2.05) is 20.8 Å². The van der Waals surface area contributed by atoms with Crippen LogP contribution in [0.5, 0.6) is 0 Å². The molecule has 0 heterocycles. The molecule has 3 heteroatoms. The van der Waals surface area contributed by atoms with Crippen LogP contribution in [0, 0.1) is 17.3 Å². The molecule has 0 rings (SSSR count). The Bertz CT molecular complexity index is 228. The van der Waals surface area contributed by atoms with Crippen molar-refractivity contribution in [3.8, 4) is 0 Å². The van der Waals surface area contributed by atoms with Crippen molar-refractivity contribution in [3.05, 3.63) is 0 Å². The molecule has 18 heavy (non-hydrogen) atoms. The molecule has 0 aliphatic carbocycles. The summed E-state index contributed by atoms with van der Waals surface area (Å²) >= 11 is 0. The topological polar surface area (TPSA) is 38.7 Å². The number of rotatable bonds is 7. The molecule has 0 aromatic carbocycles. The van der Waals surface area contributed by atoms with Gasteiger partial charge in [0.25, 0.3) is 0 Å².